The van der Waals surface area contributed by atoms with Crippen molar-refractivity contribution < 1.29 is 4.74 Å². The van der Waals surface area contributed by atoms with Gasteiger partial charge in [0, 0.05) is 13.5 Å². The zero-order valence-electron chi connectivity index (χ0n) is 9.29. The largest absolute Gasteiger partial charge is 0.490 e. The Balaban J connectivity index is 2.50. The van der Waals surface area contributed by atoms with Crippen LogP contribution >= 0.6 is 0 Å². The Labute approximate surface area is 86.4 Å². The van der Waals surface area contributed by atoms with Gasteiger partial charge in [0.15, 0.2) is 0 Å². The highest BCUT2D eigenvalue weighted by molar-refractivity contribution is 5.57. The summed E-state index contributed by atoms with van der Waals surface area (Å²) in [6.07, 6.45) is 9.72. The fourth-order valence-electron chi connectivity index (χ4n) is 1.64. The lowest BCUT2D eigenvalue weighted by Crippen LogP contribution is -1.94. The minimum Gasteiger partial charge on any atom is -0.490 e. The van der Waals surface area contributed by atoms with Gasteiger partial charge in [0.05, 0.1) is 0 Å². The van der Waals surface area contributed by atoms with Crippen LogP contribution in [0.5, 0.6) is 0 Å². The fourth-order valence-corrected chi connectivity index (χ4v) is 1.64. The van der Waals surface area contributed by atoms with Crippen molar-refractivity contribution in [1.29, 1.82) is 0 Å². The number of unbranched alkanes of at least 4 members (excludes halogenated alkanes) is 1. The van der Waals surface area contributed by atoms with E-state index < -0.39 is 0 Å². The Bertz CT molecular complexity index is 263. The fraction of sp³-hybridized carbons (Fsp3) is 0.583. The summed E-state index contributed by atoms with van der Waals surface area (Å²) in [7, 11) is 1.81. The molecular formula is C12H19NO. The third-order valence-corrected chi connectivity index (χ3v) is 2.28. The predicted molar refractivity (Wildman–Crippen MR) is 60.7 cm³/mol. The average Bonchev–Trinajstić information content (AvgIpc) is 2.54. The van der Waals surface area contributed by atoms with Crippen LogP contribution < -0.4 is 0 Å². The quantitative estimate of drug-likeness (QED) is 0.498. The Morgan fingerprint density at radius 1 is 1.50 bits per heavy atom. The second-order valence-corrected chi connectivity index (χ2v) is 3.53. The van der Waals surface area contributed by atoms with Crippen molar-refractivity contribution in [3.63, 3.8) is 0 Å². The van der Waals surface area contributed by atoms with Crippen LogP contribution in [0, 0.1) is 0 Å². The molecule has 0 amide bonds. The second kappa shape index (κ2) is 5.63. The molecule has 78 valence electrons. The molecule has 0 saturated carbocycles. The number of hydrogen-bond donors (Lipinski definition) is 0. The molecule has 1 heterocycles. The molecule has 2 nitrogen and oxygen atoms in total. The molecule has 0 aromatic carbocycles. The van der Waals surface area contributed by atoms with Crippen molar-refractivity contribution in [3.05, 3.63) is 23.5 Å². The lowest BCUT2D eigenvalue weighted by atomic mass is 10.1. The number of aliphatic imine (C=N–C) groups is 1. The Morgan fingerprint density at radius 2 is 2.29 bits per heavy atom. The molecule has 14 heavy (non-hydrogen) atoms. The number of ether oxygens (including phenoxy) is 1. The van der Waals surface area contributed by atoms with E-state index in [-0.39, 0.29) is 0 Å². The molecule has 0 aliphatic carbocycles. The van der Waals surface area contributed by atoms with Crippen LogP contribution in [0.3, 0.4) is 0 Å². The standard InChI is InChI=1S/C12H19NO/c1-4-12-11(9-10(2)14-12)7-5-6-8-13-3/h4,7-8,10H,5-6,9H2,1-3H3/b11-7-,12-4?,13-8-. The summed E-state index contributed by atoms with van der Waals surface area (Å²) in [5.74, 6) is 1.06. The summed E-state index contributed by atoms with van der Waals surface area (Å²) in [5.41, 5.74) is 1.35. The van der Waals surface area contributed by atoms with Crippen LogP contribution in [-0.4, -0.2) is 19.4 Å². The van der Waals surface area contributed by atoms with Crippen LogP contribution in [-0.2, 0) is 4.74 Å². The summed E-state index contributed by atoms with van der Waals surface area (Å²) < 4.78 is 5.64. The summed E-state index contributed by atoms with van der Waals surface area (Å²) in [6.45, 7) is 4.13. The minimum atomic E-state index is 0.340. The van der Waals surface area contributed by atoms with Crippen LogP contribution in [0.25, 0.3) is 0 Å². The van der Waals surface area contributed by atoms with E-state index in [4.69, 9.17) is 4.74 Å². The molecule has 1 fully saturated rings. The smallest absolute Gasteiger partial charge is 0.118 e. The molecule has 1 unspecified atom stereocenters. The van der Waals surface area contributed by atoms with Gasteiger partial charge in [-0.3, -0.25) is 0 Å². The summed E-state index contributed by atoms with van der Waals surface area (Å²) in [6, 6.07) is 0. The predicted octanol–water partition coefficient (Wildman–Crippen LogP) is 3.11. The van der Waals surface area contributed by atoms with Crippen molar-refractivity contribution in [2.24, 2.45) is 4.99 Å². The van der Waals surface area contributed by atoms with Gasteiger partial charge in [0.2, 0.25) is 0 Å². The van der Waals surface area contributed by atoms with Gasteiger partial charge in [-0.05, 0) is 44.6 Å². The van der Waals surface area contributed by atoms with Gasteiger partial charge < -0.3 is 9.73 Å². The molecule has 1 aliphatic heterocycles. The molecule has 0 spiro atoms. The van der Waals surface area contributed by atoms with E-state index in [1.807, 2.05) is 26.3 Å². The van der Waals surface area contributed by atoms with E-state index in [1.165, 1.54) is 5.57 Å². The van der Waals surface area contributed by atoms with Gasteiger partial charge in [0.25, 0.3) is 0 Å². The van der Waals surface area contributed by atoms with Crippen LogP contribution in [0.1, 0.15) is 33.1 Å². The highest BCUT2D eigenvalue weighted by Crippen LogP contribution is 2.29. The van der Waals surface area contributed by atoms with E-state index in [0.29, 0.717) is 6.10 Å². The lowest BCUT2D eigenvalue weighted by Gasteiger charge is -2.00. The van der Waals surface area contributed by atoms with Crippen LogP contribution in [0.15, 0.2) is 28.5 Å². The zero-order valence-corrected chi connectivity index (χ0v) is 9.29. The van der Waals surface area contributed by atoms with Gasteiger partial charge in [-0.15, -0.1) is 0 Å². The lowest BCUT2D eigenvalue weighted by molar-refractivity contribution is 0.178. The van der Waals surface area contributed by atoms with Gasteiger partial charge in [-0.2, -0.15) is 0 Å². The molecule has 1 saturated heterocycles. The number of hydrogen-bond acceptors (Lipinski definition) is 2. The Kier molecular flexibility index (Phi) is 4.44. The third kappa shape index (κ3) is 3.02. The molecule has 1 aliphatic rings. The van der Waals surface area contributed by atoms with Crippen molar-refractivity contribution >= 4 is 6.21 Å². The summed E-state index contributed by atoms with van der Waals surface area (Å²) in [4.78, 5) is 3.95. The molecule has 0 radical (unpaired) electrons. The maximum Gasteiger partial charge on any atom is 0.118 e. The van der Waals surface area contributed by atoms with Gasteiger partial charge in [-0.1, -0.05) is 6.08 Å². The van der Waals surface area contributed by atoms with Gasteiger partial charge in [-0.25, -0.2) is 0 Å². The van der Waals surface area contributed by atoms with E-state index in [0.717, 1.165) is 25.0 Å². The highest BCUT2D eigenvalue weighted by Gasteiger charge is 2.20. The van der Waals surface area contributed by atoms with Crippen LogP contribution in [0.4, 0.5) is 0 Å². The molecule has 0 bridgehead atoms. The van der Waals surface area contributed by atoms with Crippen molar-refractivity contribution in [1.82, 2.24) is 0 Å². The van der Waals surface area contributed by atoms with Crippen LogP contribution in [0.2, 0.25) is 0 Å². The maximum absolute atomic E-state index is 5.64. The van der Waals surface area contributed by atoms with Crippen molar-refractivity contribution in [2.45, 2.75) is 39.2 Å². The van der Waals surface area contributed by atoms with Gasteiger partial charge >= 0.3 is 0 Å². The van der Waals surface area contributed by atoms with E-state index >= 15 is 0 Å². The minimum absolute atomic E-state index is 0.340. The first-order chi connectivity index (χ1) is 6.77. The SMILES string of the molecule is CC=C1OC(C)C/C1=C/CC/C=N\C. The first-order valence-electron chi connectivity index (χ1n) is 5.21. The Morgan fingerprint density at radius 3 is 2.93 bits per heavy atom. The van der Waals surface area contributed by atoms with Gasteiger partial charge in [0.1, 0.15) is 11.9 Å². The maximum atomic E-state index is 5.64. The summed E-state index contributed by atoms with van der Waals surface area (Å²) in [5, 5.41) is 0. The van der Waals surface area contributed by atoms with Crippen molar-refractivity contribution in [2.75, 3.05) is 7.05 Å². The third-order valence-electron chi connectivity index (χ3n) is 2.28. The molecule has 2 heteroatoms. The van der Waals surface area contributed by atoms with Crippen molar-refractivity contribution in [3.8, 4) is 0 Å². The normalized spacial score (nSPS) is 27.8. The topological polar surface area (TPSA) is 21.6 Å². The number of nitrogens with zero attached hydrogens (tertiary/aromatic N) is 1. The molecular weight excluding hydrogens is 174 g/mol. The summed E-state index contributed by atoms with van der Waals surface area (Å²) >= 11 is 0. The van der Waals surface area contributed by atoms with E-state index in [9.17, 15) is 0 Å². The monoisotopic (exact) mass is 193 g/mol. The molecule has 1 rings (SSSR count). The zero-order chi connectivity index (χ0) is 10.4. The molecule has 1 atom stereocenters. The first-order valence-corrected chi connectivity index (χ1v) is 5.21. The molecule has 0 aromatic heterocycles. The first kappa shape index (κ1) is 11.0. The second-order valence-electron chi connectivity index (χ2n) is 3.53. The number of allylic oxidation sites excluding steroid dienone is 3. The average molecular weight is 193 g/mol. The molecule has 0 aromatic rings. The molecule has 0 N–H and O–H groups in total. The van der Waals surface area contributed by atoms with E-state index in [1.54, 1.807) is 0 Å². The number of rotatable bonds is 3. The van der Waals surface area contributed by atoms with E-state index in [2.05, 4.69) is 18.0 Å². The highest BCUT2D eigenvalue weighted by atomic mass is 16.5. The Hall–Kier alpha value is -1.05.